The van der Waals surface area contributed by atoms with Crippen LogP contribution >= 0.6 is 12.4 Å². The van der Waals surface area contributed by atoms with Crippen LogP contribution in [-0.4, -0.2) is 44.6 Å². The van der Waals surface area contributed by atoms with Gasteiger partial charge in [-0.05, 0) is 30.9 Å². The summed E-state index contributed by atoms with van der Waals surface area (Å²) in [7, 11) is -3.45. The lowest BCUT2D eigenvalue weighted by Gasteiger charge is -2.42. The third-order valence-electron chi connectivity index (χ3n) is 4.30. The van der Waals surface area contributed by atoms with Crippen LogP contribution in [-0.2, 0) is 10.0 Å². The number of amides is 1. The summed E-state index contributed by atoms with van der Waals surface area (Å²) in [5.41, 5.74) is 7.55. The third-order valence-corrected chi connectivity index (χ3v) is 4.89. The molecule has 1 heterocycles. The first-order valence-electron chi connectivity index (χ1n) is 7.63. The number of hydrogen-bond acceptors (Lipinski definition) is 4. The number of likely N-dealkylation sites (tertiary alicyclic amines) is 1. The van der Waals surface area contributed by atoms with E-state index in [2.05, 4.69) is 4.72 Å². The monoisotopic (exact) mass is 375 g/mol. The highest BCUT2D eigenvalue weighted by Crippen LogP contribution is 2.30. The largest absolute Gasteiger partial charge is 0.338 e. The number of nitrogens with one attached hydrogen (secondary N) is 1. The number of rotatable bonds is 3. The number of halogens is 1. The van der Waals surface area contributed by atoms with Gasteiger partial charge in [0.1, 0.15) is 0 Å². The fraction of sp³-hybridized carbons (Fsp3) is 0.562. The molecular weight excluding hydrogens is 350 g/mol. The third kappa shape index (κ3) is 4.84. The van der Waals surface area contributed by atoms with Gasteiger partial charge >= 0.3 is 0 Å². The Balaban J connectivity index is 0.00000288. The van der Waals surface area contributed by atoms with Crippen LogP contribution in [0.15, 0.2) is 18.2 Å². The molecule has 3 N–H and O–H groups in total. The molecule has 8 heteroatoms. The number of sulfonamides is 1. The first-order chi connectivity index (χ1) is 10.5. The first kappa shape index (κ1) is 20.7. The molecular formula is C16H26ClN3O3S. The average Bonchev–Trinajstić information content (AvgIpc) is 2.41. The number of nitrogens with two attached hydrogens (primary N) is 1. The van der Waals surface area contributed by atoms with Crippen LogP contribution in [0.3, 0.4) is 0 Å². The van der Waals surface area contributed by atoms with Gasteiger partial charge in [0.05, 0.1) is 17.5 Å². The highest BCUT2D eigenvalue weighted by Gasteiger charge is 2.36. The van der Waals surface area contributed by atoms with Gasteiger partial charge < -0.3 is 10.6 Å². The summed E-state index contributed by atoms with van der Waals surface area (Å²) in [6.07, 6.45) is 1.81. The number of anilines is 1. The molecule has 1 unspecified atom stereocenters. The Morgan fingerprint density at radius 2 is 2.00 bits per heavy atom. The maximum absolute atomic E-state index is 12.9. The number of nitrogens with zero attached hydrogens (tertiary/aromatic N) is 1. The lowest BCUT2D eigenvalue weighted by atomic mass is 9.79. The highest BCUT2D eigenvalue weighted by atomic mass is 35.5. The standard InChI is InChI=1S/C16H25N3O3S.ClH/c1-11-5-6-13(18-23(4,21)22)12(9-11)15(20)19-8-7-14(17)16(2,3)10-19;/h5-6,9,14,18H,7-8,10,17H2,1-4H3;1H. The van der Waals surface area contributed by atoms with Gasteiger partial charge in [0, 0.05) is 19.1 Å². The Morgan fingerprint density at radius 3 is 2.54 bits per heavy atom. The van der Waals surface area contributed by atoms with E-state index < -0.39 is 10.0 Å². The number of piperidine rings is 1. The molecule has 136 valence electrons. The summed E-state index contributed by atoms with van der Waals surface area (Å²) in [6, 6.07) is 5.18. The van der Waals surface area contributed by atoms with Crippen molar-refractivity contribution in [2.45, 2.75) is 33.2 Å². The summed E-state index contributed by atoms with van der Waals surface area (Å²) >= 11 is 0. The van der Waals surface area contributed by atoms with E-state index in [0.717, 1.165) is 18.2 Å². The fourth-order valence-electron chi connectivity index (χ4n) is 2.84. The normalized spacial score (nSPS) is 20.2. The van der Waals surface area contributed by atoms with Crippen LogP contribution in [0.5, 0.6) is 0 Å². The van der Waals surface area contributed by atoms with Gasteiger partial charge in [0.15, 0.2) is 0 Å². The molecule has 0 radical (unpaired) electrons. The first-order valence-corrected chi connectivity index (χ1v) is 9.52. The van der Waals surface area contributed by atoms with E-state index in [1.165, 1.54) is 0 Å². The van der Waals surface area contributed by atoms with Crippen LogP contribution < -0.4 is 10.5 Å². The number of carbonyl (C=O) groups is 1. The fourth-order valence-corrected chi connectivity index (χ4v) is 3.42. The topological polar surface area (TPSA) is 92.5 Å². The van der Waals surface area contributed by atoms with Crippen LogP contribution in [0.1, 0.15) is 36.2 Å². The van der Waals surface area contributed by atoms with Crippen LogP contribution in [0, 0.1) is 12.3 Å². The predicted octanol–water partition coefficient (Wildman–Crippen LogP) is 1.99. The van der Waals surface area contributed by atoms with E-state index in [-0.39, 0.29) is 29.8 Å². The maximum atomic E-state index is 12.9. The zero-order valence-corrected chi connectivity index (χ0v) is 16.1. The minimum atomic E-state index is -3.45. The van der Waals surface area contributed by atoms with Gasteiger partial charge in [-0.3, -0.25) is 9.52 Å². The summed E-state index contributed by atoms with van der Waals surface area (Å²) < 4.78 is 25.5. The Hall–Kier alpha value is -1.31. The van der Waals surface area contributed by atoms with Gasteiger partial charge in [-0.2, -0.15) is 0 Å². The molecule has 1 amide bonds. The van der Waals surface area contributed by atoms with E-state index in [9.17, 15) is 13.2 Å². The number of hydrogen-bond donors (Lipinski definition) is 2. The van der Waals surface area contributed by atoms with Crippen molar-refractivity contribution in [3.8, 4) is 0 Å². The highest BCUT2D eigenvalue weighted by molar-refractivity contribution is 7.92. The SMILES string of the molecule is Cc1ccc(NS(C)(=O)=O)c(C(=O)N2CCC(N)C(C)(C)C2)c1.Cl. The van der Waals surface area contributed by atoms with E-state index in [1.807, 2.05) is 20.8 Å². The van der Waals surface area contributed by atoms with E-state index in [1.54, 1.807) is 23.1 Å². The Kier molecular flexibility index (Phi) is 6.30. The van der Waals surface area contributed by atoms with Gasteiger partial charge in [0.2, 0.25) is 10.0 Å². The number of carbonyl (C=O) groups excluding carboxylic acids is 1. The van der Waals surface area contributed by atoms with Crippen LogP contribution in [0.4, 0.5) is 5.69 Å². The molecule has 24 heavy (non-hydrogen) atoms. The van der Waals surface area contributed by atoms with Gasteiger partial charge in [-0.25, -0.2) is 8.42 Å². The summed E-state index contributed by atoms with van der Waals surface area (Å²) in [5.74, 6) is -0.167. The summed E-state index contributed by atoms with van der Waals surface area (Å²) in [5, 5.41) is 0. The molecule has 0 spiro atoms. The Labute approximate surface area is 150 Å². The van der Waals surface area contributed by atoms with Crippen molar-refractivity contribution >= 4 is 34.0 Å². The molecule has 1 atom stereocenters. The second-order valence-corrected chi connectivity index (χ2v) is 8.78. The molecule has 1 aromatic rings. The minimum Gasteiger partial charge on any atom is -0.338 e. The number of aryl methyl sites for hydroxylation is 1. The predicted molar refractivity (Wildman–Crippen MR) is 99.2 cm³/mol. The molecule has 0 saturated carbocycles. The van der Waals surface area contributed by atoms with Gasteiger partial charge in [0.25, 0.3) is 5.91 Å². The van der Waals surface area contributed by atoms with Gasteiger partial charge in [-0.15, -0.1) is 12.4 Å². The lowest BCUT2D eigenvalue weighted by molar-refractivity contribution is 0.0534. The van der Waals surface area contributed by atoms with Crippen molar-refractivity contribution in [2.75, 3.05) is 24.1 Å². The molecule has 1 saturated heterocycles. The molecule has 0 bridgehead atoms. The number of benzene rings is 1. The second-order valence-electron chi connectivity index (χ2n) is 7.03. The molecule has 0 aromatic heterocycles. The van der Waals surface area contributed by atoms with Gasteiger partial charge in [-0.1, -0.05) is 25.5 Å². The minimum absolute atomic E-state index is 0. The van der Waals surface area contributed by atoms with E-state index in [0.29, 0.717) is 24.3 Å². The maximum Gasteiger partial charge on any atom is 0.256 e. The van der Waals surface area contributed by atoms with Crippen molar-refractivity contribution in [1.29, 1.82) is 0 Å². The molecule has 2 rings (SSSR count). The summed E-state index contributed by atoms with van der Waals surface area (Å²) in [6.45, 7) is 7.10. The zero-order valence-electron chi connectivity index (χ0n) is 14.5. The van der Waals surface area contributed by atoms with E-state index in [4.69, 9.17) is 5.73 Å². The van der Waals surface area contributed by atoms with Crippen molar-refractivity contribution < 1.29 is 13.2 Å². The van der Waals surface area contributed by atoms with Crippen molar-refractivity contribution in [3.05, 3.63) is 29.3 Å². The van der Waals surface area contributed by atoms with E-state index >= 15 is 0 Å². The lowest BCUT2D eigenvalue weighted by Crippen LogP contribution is -2.54. The zero-order chi connectivity index (χ0) is 17.4. The van der Waals surface area contributed by atoms with Crippen LogP contribution in [0.2, 0.25) is 0 Å². The molecule has 1 aliphatic heterocycles. The Bertz CT molecular complexity index is 719. The summed E-state index contributed by atoms with van der Waals surface area (Å²) in [4.78, 5) is 14.7. The molecule has 6 nitrogen and oxygen atoms in total. The molecule has 0 aliphatic carbocycles. The van der Waals surface area contributed by atoms with Crippen molar-refractivity contribution in [3.63, 3.8) is 0 Å². The van der Waals surface area contributed by atoms with Crippen LogP contribution in [0.25, 0.3) is 0 Å². The quantitative estimate of drug-likeness (QED) is 0.844. The molecule has 1 fully saturated rings. The average molecular weight is 376 g/mol. The smallest absolute Gasteiger partial charge is 0.256 e. The second kappa shape index (κ2) is 7.29. The molecule has 1 aliphatic rings. The van der Waals surface area contributed by atoms with Crippen molar-refractivity contribution in [1.82, 2.24) is 4.90 Å². The Morgan fingerprint density at radius 1 is 1.38 bits per heavy atom. The van der Waals surface area contributed by atoms with Crippen molar-refractivity contribution in [2.24, 2.45) is 11.1 Å². The molecule has 1 aromatic carbocycles.